The maximum Gasteiger partial charge on any atom is 0.222 e. The van der Waals surface area contributed by atoms with Crippen molar-refractivity contribution in [2.24, 2.45) is 0 Å². The highest BCUT2D eigenvalue weighted by Crippen LogP contribution is 2.22. The Morgan fingerprint density at radius 3 is 2.89 bits per heavy atom. The van der Waals surface area contributed by atoms with Crippen molar-refractivity contribution in [2.75, 3.05) is 12.1 Å². The predicted molar refractivity (Wildman–Crippen MR) is 73.2 cm³/mol. The number of hydrogen-bond donors (Lipinski definition) is 1. The number of aromatic nitrogens is 2. The van der Waals surface area contributed by atoms with Crippen LogP contribution in [0.5, 0.6) is 11.6 Å². The third kappa shape index (κ3) is 4.22. The highest BCUT2D eigenvalue weighted by Gasteiger charge is 2.01. The van der Waals surface area contributed by atoms with E-state index in [2.05, 4.69) is 22.4 Å². The van der Waals surface area contributed by atoms with Gasteiger partial charge in [-0.3, -0.25) is 10.3 Å². The van der Waals surface area contributed by atoms with Crippen molar-refractivity contribution in [1.82, 2.24) is 9.97 Å². The summed E-state index contributed by atoms with van der Waals surface area (Å²) in [6.45, 7) is 4.61. The zero-order valence-electron chi connectivity index (χ0n) is 11.1. The van der Waals surface area contributed by atoms with E-state index in [1.54, 1.807) is 6.07 Å². The predicted octanol–water partition coefficient (Wildman–Crippen LogP) is 3.33. The average Bonchev–Trinajstić information content (AvgIpc) is 2.39. The number of benzene rings is 1. The van der Waals surface area contributed by atoms with Crippen LogP contribution in [0.1, 0.15) is 19.0 Å². The molecule has 0 aliphatic heterocycles. The Balaban J connectivity index is 2.02. The van der Waals surface area contributed by atoms with Crippen LogP contribution in [0.25, 0.3) is 0 Å². The normalized spacial score (nSPS) is 10.2. The number of nitrogens with one attached hydrogen (secondary N) is 1. The Bertz CT molecular complexity index is 532. The molecule has 1 N–H and O–H groups in total. The van der Waals surface area contributed by atoms with Gasteiger partial charge in [0.15, 0.2) is 0 Å². The van der Waals surface area contributed by atoms with Gasteiger partial charge in [-0.2, -0.15) is 0 Å². The molecule has 0 saturated carbocycles. The van der Waals surface area contributed by atoms with E-state index in [1.807, 2.05) is 31.2 Å². The lowest BCUT2D eigenvalue weighted by Gasteiger charge is -2.08. The number of ether oxygens (including phenoxy) is 1. The topological polar surface area (TPSA) is 56.3 Å². The minimum Gasteiger partial charge on any atom is -0.439 e. The van der Waals surface area contributed by atoms with Crippen LogP contribution in [0.3, 0.4) is 0 Å². The summed E-state index contributed by atoms with van der Waals surface area (Å²) in [6.07, 6.45) is 2.44. The molecule has 0 bridgehead atoms. The molecule has 1 aromatic carbocycles. The fourth-order valence-electron chi connectivity index (χ4n) is 1.47. The van der Waals surface area contributed by atoms with Gasteiger partial charge in [0.1, 0.15) is 12.1 Å². The molecule has 0 aliphatic rings. The highest BCUT2D eigenvalue weighted by molar-refractivity contribution is 5.47. The fraction of sp³-hybridized carbons (Fsp3) is 0.286. The SMILES string of the molecule is CCCONc1cccc(Oc2cc(C)ncn2)c1. The summed E-state index contributed by atoms with van der Waals surface area (Å²) in [6, 6.07) is 9.30. The van der Waals surface area contributed by atoms with E-state index in [0.717, 1.165) is 17.8 Å². The van der Waals surface area contributed by atoms with Crippen molar-refractivity contribution in [1.29, 1.82) is 0 Å². The summed E-state index contributed by atoms with van der Waals surface area (Å²) in [7, 11) is 0. The van der Waals surface area contributed by atoms with Gasteiger partial charge in [-0.15, -0.1) is 0 Å². The number of nitrogens with zero attached hydrogens (tertiary/aromatic N) is 2. The molecular weight excluding hydrogens is 242 g/mol. The van der Waals surface area contributed by atoms with Crippen molar-refractivity contribution in [2.45, 2.75) is 20.3 Å². The Hall–Kier alpha value is -2.14. The first-order chi connectivity index (χ1) is 9.28. The quantitative estimate of drug-likeness (QED) is 0.637. The molecule has 1 aromatic heterocycles. The van der Waals surface area contributed by atoms with Crippen molar-refractivity contribution >= 4 is 5.69 Å². The molecule has 0 fully saturated rings. The van der Waals surface area contributed by atoms with Crippen LogP contribution >= 0.6 is 0 Å². The zero-order valence-corrected chi connectivity index (χ0v) is 11.1. The molecule has 2 rings (SSSR count). The van der Waals surface area contributed by atoms with Crippen LogP contribution in [-0.2, 0) is 4.84 Å². The Kier molecular flexibility index (Phi) is 4.69. The number of hydrogen-bond acceptors (Lipinski definition) is 5. The third-order valence-corrected chi connectivity index (χ3v) is 2.33. The van der Waals surface area contributed by atoms with Gasteiger partial charge >= 0.3 is 0 Å². The molecule has 0 saturated heterocycles. The number of rotatable bonds is 6. The first kappa shape index (κ1) is 13.3. The second-order valence-electron chi connectivity index (χ2n) is 4.08. The molecule has 5 heteroatoms. The lowest BCUT2D eigenvalue weighted by molar-refractivity contribution is 0.194. The summed E-state index contributed by atoms with van der Waals surface area (Å²) in [5, 5.41) is 0. The van der Waals surface area contributed by atoms with E-state index in [0.29, 0.717) is 18.2 Å². The molecule has 0 spiro atoms. The highest BCUT2D eigenvalue weighted by atomic mass is 16.6. The van der Waals surface area contributed by atoms with Crippen molar-refractivity contribution < 1.29 is 9.57 Å². The summed E-state index contributed by atoms with van der Waals surface area (Å²) in [4.78, 5) is 13.3. The van der Waals surface area contributed by atoms with Crippen LogP contribution in [0.4, 0.5) is 5.69 Å². The Morgan fingerprint density at radius 2 is 2.11 bits per heavy atom. The van der Waals surface area contributed by atoms with E-state index in [9.17, 15) is 0 Å². The van der Waals surface area contributed by atoms with Gasteiger partial charge in [0, 0.05) is 17.8 Å². The van der Waals surface area contributed by atoms with E-state index in [4.69, 9.17) is 9.57 Å². The molecule has 0 atom stereocenters. The third-order valence-electron chi connectivity index (χ3n) is 2.33. The zero-order chi connectivity index (χ0) is 13.5. The van der Waals surface area contributed by atoms with E-state index < -0.39 is 0 Å². The molecule has 0 aliphatic carbocycles. The van der Waals surface area contributed by atoms with Gasteiger partial charge in [-0.05, 0) is 25.5 Å². The smallest absolute Gasteiger partial charge is 0.222 e. The standard InChI is InChI=1S/C14H17N3O2/c1-3-7-18-17-12-5-4-6-13(9-12)19-14-8-11(2)15-10-16-14/h4-6,8-10,17H,3,7H2,1-2H3. The monoisotopic (exact) mass is 259 g/mol. The van der Waals surface area contributed by atoms with Crippen LogP contribution in [0.2, 0.25) is 0 Å². The second-order valence-corrected chi connectivity index (χ2v) is 4.08. The molecule has 1 heterocycles. The van der Waals surface area contributed by atoms with E-state index >= 15 is 0 Å². The van der Waals surface area contributed by atoms with E-state index in [-0.39, 0.29) is 0 Å². The van der Waals surface area contributed by atoms with E-state index in [1.165, 1.54) is 6.33 Å². The minimum atomic E-state index is 0.527. The molecule has 19 heavy (non-hydrogen) atoms. The van der Waals surface area contributed by atoms with Gasteiger partial charge in [0.25, 0.3) is 0 Å². The molecule has 2 aromatic rings. The number of aryl methyl sites for hydroxylation is 1. The second kappa shape index (κ2) is 6.70. The van der Waals surface area contributed by atoms with Crippen LogP contribution in [0.15, 0.2) is 36.7 Å². The first-order valence-electron chi connectivity index (χ1n) is 6.22. The lowest BCUT2D eigenvalue weighted by atomic mass is 10.3. The average molecular weight is 259 g/mol. The molecule has 100 valence electrons. The maximum atomic E-state index is 5.66. The Morgan fingerprint density at radius 1 is 1.21 bits per heavy atom. The maximum absolute atomic E-state index is 5.66. The van der Waals surface area contributed by atoms with Crippen LogP contribution < -0.4 is 10.2 Å². The summed E-state index contributed by atoms with van der Waals surface area (Å²) in [5.41, 5.74) is 4.58. The largest absolute Gasteiger partial charge is 0.439 e. The van der Waals surface area contributed by atoms with Crippen LogP contribution in [-0.4, -0.2) is 16.6 Å². The minimum absolute atomic E-state index is 0.527. The molecular formula is C14H17N3O2. The molecule has 0 amide bonds. The first-order valence-corrected chi connectivity index (χ1v) is 6.22. The molecule has 0 radical (unpaired) electrons. The van der Waals surface area contributed by atoms with Gasteiger partial charge in [0.05, 0.1) is 12.3 Å². The Labute approximate surface area is 112 Å². The van der Waals surface area contributed by atoms with Crippen LogP contribution in [0, 0.1) is 6.92 Å². The fourth-order valence-corrected chi connectivity index (χ4v) is 1.47. The summed E-state index contributed by atoms with van der Waals surface area (Å²) >= 11 is 0. The lowest BCUT2D eigenvalue weighted by Crippen LogP contribution is -2.01. The van der Waals surface area contributed by atoms with Crippen molar-refractivity contribution in [3.8, 4) is 11.6 Å². The van der Waals surface area contributed by atoms with Crippen molar-refractivity contribution in [3.63, 3.8) is 0 Å². The van der Waals surface area contributed by atoms with Gasteiger partial charge in [-0.1, -0.05) is 13.0 Å². The van der Waals surface area contributed by atoms with Crippen molar-refractivity contribution in [3.05, 3.63) is 42.4 Å². The number of anilines is 1. The summed E-state index contributed by atoms with van der Waals surface area (Å²) < 4.78 is 5.66. The van der Waals surface area contributed by atoms with Gasteiger partial charge in [0.2, 0.25) is 5.88 Å². The molecule has 5 nitrogen and oxygen atoms in total. The van der Waals surface area contributed by atoms with Gasteiger partial charge in [-0.25, -0.2) is 9.97 Å². The molecule has 0 unspecified atom stereocenters. The summed E-state index contributed by atoms with van der Waals surface area (Å²) in [5.74, 6) is 1.22. The van der Waals surface area contributed by atoms with Gasteiger partial charge < -0.3 is 4.74 Å².